The number of aliphatic hydroxyl groups is 4. The van der Waals surface area contributed by atoms with Crippen molar-refractivity contribution in [2.45, 2.75) is 318 Å². The molecule has 4 N–H and O–H groups in total. The van der Waals surface area contributed by atoms with Crippen molar-refractivity contribution in [1.82, 2.24) is 0 Å². The lowest BCUT2D eigenvalue weighted by atomic mass is 9.40. The molecule has 716 valence electrons. The Balaban J connectivity index is 0.000000187. The van der Waals surface area contributed by atoms with Gasteiger partial charge in [0.1, 0.15) is 37.6 Å². The van der Waals surface area contributed by atoms with Gasteiger partial charge in [-0.05, 0) is 157 Å². The normalized spacial score (nSPS) is 33.7. The van der Waals surface area contributed by atoms with Gasteiger partial charge >= 0.3 is 56.8 Å². The Kier molecular flexibility index (Phi) is 31.5. The fourth-order valence-corrected chi connectivity index (χ4v) is 26.7. The van der Waals surface area contributed by atoms with Gasteiger partial charge in [0.05, 0.1) is 83.4 Å². The second-order valence-corrected chi connectivity index (χ2v) is 42.5. The van der Waals surface area contributed by atoms with Crippen LogP contribution in [0.1, 0.15) is 203 Å². The van der Waals surface area contributed by atoms with Crippen LogP contribution in [0.4, 0.5) is 52.7 Å². The molecule has 6 saturated heterocycles. The number of hydrogen-bond donors (Lipinski definition) is 4. The number of carbonyl (C=O) groups is 6. The molecule has 124 heavy (non-hydrogen) atoms. The third-order valence-electron chi connectivity index (χ3n) is 28.9. The summed E-state index contributed by atoms with van der Waals surface area (Å²) in [4.78, 5) is 74.1. The molecule has 14 aliphatic rings. The van der Waals surface area contributed by atoms with E-state index in [1.54, 1.807) is 13.8 Å². The van der Waals surface area contributed by atoms with Gasteiger partial charge in [0.2, 0.25) is 0 Å². The number of carbonyl (C=O) groups excluding carboxylic acids is 6. The lowest BCUT2D eigenvalue weighted by Gasteiger charge is -2.65. The summed E-state index contributed by atoms with van der Waals surface area (Å²) in [5, 5.41) is 23.7. The Bertz CT molecular complexity index is 4140. The van der Waals surface area contributed by atoms with Gasteiger partial charge < -0.3 is 81.3 Å². The standard InChI is InChI=1S/2C20H31F3O6S.C18H25F3O10S.C18H25F3O9S2/c1-3-19(25,4-2)18-10-13-7-14(11-18)9-17(8-13,12-18)16(24)29-6-5-15(21)20(22,23)30(26,27)28;1-3-19(25,4-2)18-9-12-7-13(10-18)16(14(8-12)11-18)17(24)29-6-5-15(21)20(22,23)30(26,27)28;1-3-17(24,4-2)11-10-12-15(31-16(10)23)14(13(11)30-12)29-7-9(22)28-6-5-8(19)18(20,21)32(25,26)27;1-3-17(24,4-2)11-10-14-13(30-16(10)23)12(15(11)31-14)29-7-9(22)28-6-5-8(19)18(20,21)32(25,26)27/h13-15,25H,3-12H2,1-2H3,(H,26,27,28);12-16,25H,3-11H2,1-2H3,(H,26,27,28);2*8,10-15,24H,3-7H2,1-2H3,(H,25,26,27)/p-4. The third kappa shape index (κ3) is 19.5. The van der Waals surface area contributed by atoms with Crippen molar-refractivity contribution in [1.29, 1.82) is 0 Å². The van der Waals surface area contributed by atoms with Crippen LogP contribution in [-0.4, -0.2) is 263 Å². The molecule has 6 heterocycles. The van der Waals surface area contributed by atoms with Gasteiger partial charge in [0.15, 0.2) is 71.3 Å². The minimum absolute atomic E-state index is 0.0259. The smallest absolute Gasteiger partial charge is 0.364 e. The van der Waals surface area contributed by atoms with E-state index in [1.165, 1.54) is 11.8 Å². The maximum atomic E-state index is 13.6. The molecular formula is C76H108F12O31S5-4. The number of esters is 6. The summed E-state index contributed by atoms with van der Waals surface area (Å²) < 4.78 is 332. The zero-order valence-electron chi connectivity index (χ0n) is 69.1. The maximum absolute atomic E-state index is 13.6. The molecule has 0 aromatic rings. The van der Waals surface area contributed by atoms with Crippen molar-refractivity contribution >= 4 is 88.1 Å². The van der Waals surface area contributed by atoms with E-state index in [1.807, 2.05) is 41.5 Å². The maximum Gasteiger partial charge on any atom is 0.364 e. The summed E-state index contributed by atoms with van der Waals surface area (Å²) in [6, 6.07) is 0. The summed E-state index contributed by atoms with van der Waals surface area (Å²) in [5.74, 6) is -5.79. The highest BCUT2D eigenvalue weighted by atomic mass is 32.2. The van der Waals surface area contributed by atoms with Crippen molar-refractivity contribution in [3.05, 3.63) is 0 Å². The average Bonchev–Trinajstić information content (AvgIpc) is 0.906. The number of fused-ring (bicyclic) bond motifs is 2. The van der Waals surface area contributed by atoms with Crippen LogP contribution in [0.5, 0.6) is 0 Å². The number of halogens is 12. The Hall–Kier alpha value is -4.31. The van der Waals surface area contributed by atoms with E-state index in [9.17, 15) is 154 Å². The molecule has 14 rings (SSSR count). The van der Waals surface area contributed by atoms with Gasteiger partial charge in [-0.1, -0.05) is 55.4 Å². The number of thioether (sulfide) groups is 1. The molecule has 0 amide bonds. The number of hydrogen-bond acceptors (Lipinski definition) is 32. The van der Waals surface area contributed by atoms with Gasteiger partial charge in [-0.25, -0.2) is 60.8 Å². The van der Waals surface area contributed by atoms with Crippen LogP contribution in [-0.2, 0) is 112 Å². The van der Waals surface area contributed by atoms with Crippen molar-refractivity contribution < 1.29 is 196 Å². The fraction of sp³-hybridized carbons (Fsp3) is 0.921. The van der Waals surface area contributed by atoms with E-state index in [4.69, 9.17) is 33.2 Å². The zero-order valence-corrected chi connectivity index (χ0v) is 73.2. The minimum atomic E-state index is -6.21. The number of rotatable bonds is 40. The van der Waals surface area contributed by atoms with Gasteiger partial charge in [-0.3, -0.25) is 19.2 Å². The Morgan fingerprint density at radius 2 is 0.823 bits per heavy atom. The van der Waals surface area contributed by atoms with Crippen molar-refractivity contribution in [3.63, 3.8) is 0 Å². The Morgan fingerprint density at radius 1 is 0.452 bits per heavy atom. The summed E-state index contributed by atoms with van der Waals surface area (Å²) in [5.41, 5.74) is -5.47. The first-order valence-electron chi connectivity index (χ1n) is 41.5. The molecule has 0 radical (unpaired) electrons. The SMILES string of the molecule is CCC(O)(CC)C12CC3CC(C1)C(C(=O)OCCC(F)C(F)(F)S(=O)(=O)[O-])C(C3)C2.CCC(O)(CC)C12CC3CC(CC(C(=O)OCCC(F)C(F)(F)S(=O)(=O)[O-])(C3)C1)C2.CCC(O)(CC)C1C2OC3C(OC(=O)C31)C2OCC(=O)OCCC(F)C(F)(F)S(=O)(=O)[O-].CCC(O)(CC)C1C2SC3C(OC(=O)C31)C2OCC(=O)OCCC(F)C(F)(F)S(=O)(=O)[O-]. The molecule has 8 aliphatic carbocycles. The van der Waals surface area contributed by atoms with Crippen LogP contribution in [0, 0.1) is 75.4 Å². The van der Waals surface area contributed by atoms with Crippen LogP contribution in [0.2, 0.25) is 0 Å². The Morgan fingerprint density at radius 3 is 1.23 bits per heavy atom. The van der Waals surface area contributed by atoms with E-state index in [0.717, 1.165) is 38.5 Å². The van der Waals surface area contributed by atoms with E-state index < -0.39 is 287 Å². The lowest BCUT2D eigenvalue weighted by molar-refractivity contribution is -0.219. The summed E-state index contributed by atoms with van der Waals surface area (Å²) in [6.07, 6.45) is -9.77. The van der Waals surface area contributed by atoms with Crippen molar-refractivity contribution in [2.75, 3.05) is 39.6 Å². The first-order chi connectivity index (χ1) is 57.1. The second-order valence-electron chi connectivity index (χ2n) is 35.3. The van der Waals surface area contributed by atoms with Crippen LogP contribution in [0.3, 0.4) is 0 Å². The summed E-state index contributed by atoms with van der Waals surface area (Å²) in [6.45, 7) is 10.3. The van der Waals surface area contributed by atoms with E-state index in [0.29, 0.717) is 89.4 Å². The molecule has 20 unspecified atom stereocenters. The highest BCUT2D eigenvalue weighted by Gasteiger charge is 2.74. The molecule has 12 bridgehead atoms. The molecule has 0 aromatic carbocycles. The quantitative estimate of drug-likeness (QED) is 0.0194. The van der Waals surface area contributed by atoms with Crippen LogP contribution in [0.15, 0.2) is 0 Å². The van der Waals surface area contributed by atoms with E-state index >= 15 is 0 Å². The monoisotopic (exact) mass is 1900 g/mol. The van der Waals surface area contributed by atoms with E-state index in [2.05, 4.69) is 9.47 Å². The minimum Gasteiger partial charge on any atom is -0.743 e. The first-order valence-corrected chi connectivity index (χ1v) is 48.1. The van der Waals surface area contributed by atoms with Crippen LogP contribution >= 0.6 is 11.8 Å². The highest BCUT2D eigenvalue weighted by Crippen LogP contribution is 2.71. The number of ether oxygens (including phenoxy) is 9. The Labute approximate surface area is 714 Å². The molecule has 48 heteroatoms. The topological polar surface area (TPSA) is 495 Å². The fourth-order valence-electron chi connectivity index (χ4n) is 22.8. The van der Waals surface area contributed by atoms with Gasteiger partial charge in [0.25, 0.3) is 0 Å². The molecule has 6 aliphatic heterocycles. The van der Waals surface area contributed by atoms with Crippen LogP contribution in [0.25, 0.3) is 0 Å². The lowest BCUT2D eigenvalue weighted by Crippen LogP contribution is -2.63. The zero-order chi connectivity index (χ0) is 93.2. The number of alkyl halides is 12. The molecule has 20 atom stereocenters. The average molecular weight is 1910 g/mol. The van der Waals surface area contributed by atoms with Crippen LogP contribution < -0.4 is 0 Å². The molecule has 14 fully saturated rings. The summed E-state index contributed by atoms with van der Waals surface area (Å²) >= 11 is 1.46. The third-order valence-corrected chi connectivity index (χ3v) is 34.4. The van der Waals surface area contributed by atoms with Gasteiger partial charge in [0, 0.05) is 48.2 Å². The molecule has 0 spiro atoms. The molecule has 31 nitrogen and oxygen atoms in total. The van der Waals surface area contributed by atoms with Gasteiger partial charge in [-0.2, -0.15) is 35.1 Å². The van der Waals surface area contributed by atoms with Crippen molar-refractivity contribution in [2.24, 2.45) is 75.4 Å². The first kappa shape index (κ1) is 103. The predicted molar refractivity (Wildman–Crippen MR) is 399 cm³/mol. The second kappa shape index (κ2) is 37.7. The molecule has 0 aromatic heterocycles. The highest BCUT2D eigenvalue weighted by molar-refractivity contribution is 8.01. The van der Waals surface area contributed by atoms with Crippen molar-refractivity contribution in [3.8, 4) is 0 Å². The van der Waals surface area contributed by atoms with Gasteiger partial charge in [-0.15, -0.1) is 11.8 Å². The molecule has 8 saturated carbocycles. The summed E-state index contributed by atoms with van der Waals surface area (Å²) in [7, 11) is -24.7. The predicted octanol–water partition coefficient (Wildman–Crippen LogP) is 8.18. The van der Waals surface area contributed by atoms with E-state index in [-0.39, 0.29) is 39.6 Å². The molecular weight excluding hydrogens is 1800 g/mol. The largest absolute Gasteiger partial charge is 0.743 e.